The third-order valence-corrected chi connectivity index (χ3v) is 10.6. The van der Waals surface area contributed by atoms with E-state index < -0.39 is 59.7 Å². The van der Waals surface area contributed by atoms with E-state index in [4.69, 9.17) is 4.74 Å². The van der Waals surface area contributed by atoms with Gasteiger partial charge in [-0.2, -0.15) is 0 Å². The Kier molecular flexibility index (Phi) is 13.0. The van der Waals surface area contributed by atoms with E-state index in [1.165, 1.54) is 35.6 Å². The van der Waals surface area contributed by atoms with Gasteiger partial charge >= 0.3 is 5.97 Å². The summed E-state index contributed by atoms with van der Waals surface area (Å²) in [6, 6.07) is 30.8. The molecule has 4 aromatic carbocycles. The van der Waals surface area contributed by atoms with Crippen LogP contribution >= 0.6 is 11.3 Å². The normalized spacial score (nSPS) is 20.0. The minimum Gasteiger partial charge on any atom is -0.486 e. The van der Waals surface area contributed by atoms with Gasteiger partial charge in [0.1, 0.15) is 24.2 Å². The van der Waals surface area contributed by atoms with Crippen molar-refractivity contribution in [1.82, 2.24) is 10.6 Å². The zero-order valence-electron chi connectivity index (χ0n) is 30.0. The second kappa shape index (κ2) is 18.4. The van der Waals surface area contributed by atoms with Crippen LogP contribution in [0.25, 0.3) is 11.1 Å². The van der Waals surface area contributed by atoms with E-state index in [-0.39, 0.29) is 44.5 Å². The van der Waals surface area contributed by atoms with Gasteiger partial charge in [0.25, 0.3) is 0 Å². The number of fused-ring (bicyclic) bond motifs is 16. The van der Waals surface area contributed by atoms with Crippen LogP contribution in [0.3, 0.4) is 0 Å². The van der Waals surface area contributed by atoms with Crippen LogP contribution in [-0.4, -0.2) is 53.1 Å². The molecule has 3 N–H and O–H groups in total. The molecular weight excluding hydrogens is 720 g/mol. The number of rotatable bonds is 8. The van der Waals surface area contributed by atoms with Crippen molar-refractivity contribution in [1.29, 1.82) is 0 Å². The zero-order valence-corrected chi connectivity index (χ0v) is 30.8. The molecule has 0 radical (unpaired) electrons. The summed E-state index contributed by atoms with van der Waals surface area (Å²) in [7, 11) is 0. The highest BCUT2D eigenvalue weighted by Crippen LogP contribution is 2.23. The van der Waals surface area contributed by atoms with Gasteiger partial charge in [0.15, 0.2) is 11.6 Å². The van der Waals surface area contributed by atoms with Crippen LogP contribution in [0.1, 0.15) is 34.4 Å². The maximum absolute atomic E-state index is 14.3. The van der Waals surface area contributed by atoms with Gasteiger partial charge in [-0.05, 0) is 82.8 Å². The molecule has 1 aromatic heterocycles. The summed E-state index contributed by atoms with van der Waals surface area (Å²) < 4.78 is 19.6. The van der Waals surface area contributed by atoms with Gasteiger partial charge in [-0.25, -0.2) is 4.39 Å². The Morgan fingerprint density at radius 2 is 1.33 bits per heavy atom. The van der Waals surface area contributed by atoms with Crippen molar-refractivity contribution in [3.8, 4) is 16.9 Å². The number of ether oxygens (including phenoxy) is 1. The second-order valence-corrected chi connectivity index (χ2v) is 14.8. The number of carbonyl (C=O) groups is 5. The maximum atomic E-state index is 14.3. The van der Waals surface area contributed by atoms with Crippen molar-refractivity contribution in [2.75, 3.05) is 6.61 Å². The van der Waals surface area contributed by atoms with Crippen molar-refractivity contribution < 1.29 is 38.2 Å². The molecule has 3 heterocycles. The first-order valence-electron chi connectivity index (χ1n) is 18.1. The lowest BCUT2D eigenvalue weighted by atomic mass is 9.90. The van der Waals surface area contributed by atoms with E-state index in [0.717, 1.165) is 21.6 Å². The van der Waals surface area contributed by atoms with Gasteiger partial charge in [0.05, 0.1) is 12.0 Å². The number of Topliss-reactive ketones (excluding diaryl/α,β-unsaturated/α-hetero) is 2. The van der Waals surface area contributed by atoms with Gasteiger partial charge in [0.2, 0.25) is 11.8 Å². The zero-order chi connectivity index (χ0) is 38.7. The number of carbonyl (C=O) groups excluding carboxylic acids is 4. The van der Waals surface area contributed by atoms with Crippen molar-refractivity contribution in [2.24, 2.45) is 11.8 Å². The monoisotopic (exact) mass is 760 g/mol. The van der Waals surface area contributed by atoms with Crippen LogP contribution in [-0.2, 0) is 49.7 Å². The molecule has 2 bridgehead atoms. The summed E-state index contributed by atoms with van der Waals surface area (Å²) in [4.78, 5) is 69.1. The van der Waals surface area contributed by atoms with Crippen LogP contribution in [0.15, 0.2) is 121 Å². The van der Waals surface area contributed by atoms with Crippen molar-refractivity contribution >= 4 is 40.7 Å². The van der Waals surface area contributed by atoms with Gasteiger partial charge in [-0.15, -0.1) is 11.3 Å². The molecule has 0 saturated heterocycles. The van der Waals surface area contributed by atoms with E-state index >= 15 is 0 Å². The Hall–Kier alpha value is -5.94. The second-order valence-electron chi connectivity index (χ2n) is 13.8. The maximum Gasteiger partial charge on any atom is 0.307 e. The lowest BCUT2D eigenvalue weighted by Crippen LogP contribution is -2.54. The van der Waals surface area contributed by atoms with Crippen molar-refractivity contribution in [2.45, 2.75) is 50.6 Å². The molecule has 0 spiro atoms. The van der Waals surface area contributed by atoms with Crippen LogP contribution < -0.4 is 15.4 Å². The highest BCUT2D eigenvalue weighted by molar-refractivity contribution is 7.09. The predicted molar refractivity (Wildman–Crippen MR) is 207 cm³/mol. The fourth-order valence-corrected chi connectivity index (χ4v) is 7.42. The molecule has 11 heteroatoms. The Balaban J connectivity index is 1.34. The summed E-state index contributed by atoms with van der Waals surface area (Å²) in [5, 5.41) is 17.7. The number of amides is 2. The molecule has 0 unspecified atom stereocenters. The van der Waals surface area contributed by atoms with Crippen LogP contribution in [0.5, 0.6) is 5.75 Å². The minimum atomic E-state index is -1.19. The Morgan fingerprint density at radius 3 is 1.98 bits per heavy atom. The predicted octanol–water partition coefficient (Wildman–Crippen LogP) is 6.42. The third kappa shape index (κ3) is 11.0. The number of aliphatic carboxylic acids is 1. The summed E-state index contributed by atoms with van der Waals surface area (Å²) in [5.41, 5.74) is 3.89. The molecule has 2 amide bonds. The molecule has 9 nitrogen and oxygen atoms in total. The molecule has 55 heavy (non-hydrogen) atoms. The highest BCUT2D eigenvalue weighted by Gasteiger charge is 2.33. The van der Waals surface area contributed by atoms with Crippen LogP contribution in [0, 0.1) is 17.7 Å². The largest absolute Gasteiger partial charge is 0.486 e. The summed E-state index contributed by atoms with van der Waals surface area (Å²) in [6.07, 6.45) is -0.237. The smallest absolute Gasteiger partial charge is 0.307 e. The Labute approximate surface area is 322 Å². The first kappa shape index (κ1) is 38.8. The summed E-state index contributed by atoms with van der Waals surface area (Å²) in [5.74, 6) is -5.23. The molecule has 0 aliphatic carbocycles. The molecule has 282 valence electrons. The number of hydrogen-bond acceptors (Lipinski definition) is 7. The Bertz CT molecular complexity index is 2090. The topological polar surface area (TPSA) is 139 Å². The fourth-order valence-electron chi connectivity index (χ4n) is 6.64. The molecule has 2 aliphatic heterocycles. The molecule has 2 aliphatic rings. The number of ketones is 2. The molecule has 4 atom stereocenters. The van der Waals surface area contributed by atoms with Gasteiger partial charge in [0, 0.05) is 30.1 Å². The van der Waals surface area contributed by atoms with Crippen molar-refractivity contribution in [3.05, 3.63) is 148 Å². The number of hydrogen-bond donors (Lipinski definition) is 3. The van der Waals surface area contributed by atoms with Crippen molar-refractivity contribution in [3.63, 3.8) is 0 Å². The quantitative estimate of drug-likeness (QED) is 0.166. The average molecular weight is 761 g/mol. The van der Waals surface area contributed by atoms with Gasteiger partial charge in [-0.1, -0.05) is 84.9 Å². The van der Waals surface area contributed by atoms with E-state index in [0.29, 0.717) is 16.9 Å². The van der Waals surface area contributed by atoms with Crippen LogP contribution in [0.2, 0.25) is 0 Å². The van der Waals surface area contributed by atoms with Crippen LogP contribution in [0.4, 0.5) is 4.39 Å². The highest BCUT2D eigenvalue weighted by atomic mass is 32.1. The number of carboxylic acid groups (broad SMARTS) is 1. The van der Waals surface area contributed by atoms with Gasteiger partial charge in [-0.3, -0.25) is 24.0 Å². The third-order valence-electron chi connectivity index (χ3n) is 9.67. The lowest BCUT2D eigenvalue weighted by molar-refractivity contribution is -0.144. The lowest BCUT2D eigenvalue weighted by Gasteiger charge is -2.26. The molecular formula is C44H41FN2O7S. The summed E-state index contributed by atoms with van der Waals surface area (Å²) >= 11 is 1.45. The molecule has 7 rings (SSSR count). The fraction of sp³-hybridized carbons (Fsp3) is 0.250. The van der Waals surface area contributed by atoms with E-state index in [1.807, 2.05) is 72.1 Å². The number of thiophene rings is 1. The number of benzene rings is 4. The molecule has 5 aromatic rings. The average Bonchev–Trinajstić information content (AvgIpc) is 3.71. The summed E-state index contributed by atoms with van der Waals surface area (Å²) in [6.45, 7) is -0.289. The number of carboxylic acids is 1. The number of nitrogens with one attached hydrogen (secondary N) is 2. The standard InChI is InChI=1S/C44H41FN2O7S/c45-35-16-10-30(11-17-35)22-39-41(49)26-34(44(52)53)21-28-12-18-37(19-13-28)54-27-36(48)24-33(25-38-7-4-20-55-38)42(50)47-40(43(51)46-39)23-29-8-14-32(15-9-29)31-5-2-1-3-6-31/h1-20,33-34,39-40H,21-27H2,(H,46,51)(H,47,50)(H,52,53)/t33-,34+,39-,40+/m0/s1. The van der Waals surface area contributed by atoms with E-state index in [2.05, 4.69) is 10.6 Å². The molecule has 0 saturated carbocycles. The SMILES string of the molecule is O=C1COc2ccc(cc2)C[C@@H](C(=O)O)CC(=O)[C@H](Cc2ccc(F)cc2)NC(=O)[C@@H](Cc2ccc(-c3ccccc3)cc2)NC(=O)[C@H](Cc2cccs2)C1. The van der Waals surface area contributed by atoms with E-state index in [1.54, 1.807) is 24.3 Å². The van der Waals surface area contributed by atoms with Gasteiger partial charge < -0.3 is 20.5 Å². The first-order chi connectivity index (χ1) is 26.6. The minimum absolute atomic E-state index is 0.0273. The number of halogens is 1. The molecule has 0 fully saturated rings. The Morgan fingerprint density at radius 1 is 0.691 bits per heavy atom. The first-order valence-corrected chi connectivity index (χ1v) is 19.0. The van der Waals surface area contributed by atoms with E-state index in [9.17, 15) is 33.5 Å².